The standard InChI is InChI=1S/C17H20BrNO/c1-12(2)19-11-14-6-9-17(16(18)10-14)20-15-7-4-13(3)5-8-15/h4-10,12,19H,11H2,1-3H3. The summed E-state index contributed by atoms with van der Waals surface area (Å²) in [5.74, 6) is 1.69. The summed E-state index contributed by atoms with van der Waals surface area (Å²) in [5, 5.41) is 3.40. The number of aryl methyl sites for hydroxylation is 1. The molecule has 0 aromatic heterocycles. The van der Waals surface area contributed by atoms with Gasteiger partial charge in [-0.25, -0.2) is 0 Å². The maximum Gasteiger partial charge on any atom is 0.141 e. The maximum absolute atomic E-state index is 5.88. The van der Waals surface area contributed by atoms with E-state index in [9.17, 15) is 0 Å². The highest BCUT2D eigenvalue weighted by Crippen LogP contribution is 2.30. The summed E-state index contributed by atoms with van der Waals surface area (Å²) in [4.78, 5) is 0. The van der Waals surface area contributed by atoms with Crippen LogP contribution in [0, 0.1) is 6.92 Å². The second kappa shape index (κ2) is 6.91. The van der Waals surface area contributed by atoms with Crippen LogP contribution in [0.2, 0.25) is 0 Å². The molecule has 0 aliphatic rings. The highest BCUT2D eigenvalue weighted by atomic mass is 79.9. The Balaban J connectivity index is 2.07. The molecule has 2 nitrogen and oxygen atoms in total. The van der Waals surface area contributed by atoms with Crippen molar-refractivity contribution >= 4 is 15.9 Å². The lowest BCUT2D eigenvalue weighted by molar-refractivity contribution is 0.479. The highest BCUT2D eigenvalue weighted by molar-refractivity contribution is 9.10. The van der Waals surface area contributed by atoms with Crippen LogP contribution in [0.5, 0.6) is 11.5 Å². The first-order valence-electron chi connectivity index (χ1n) is 6.81. The van der Waals surface area contributed by atoms with Gasteiger partial charge >= 0.3 is 0 Å². The molecule has 0 aliphatic carbocycles. The molecule has 0 fully saturated rings. The average molecular weight is 334 g/mol. The second-order valence-electron chi connectivity index (χ2n) is 5.22. The Morgan fingerprint density at radius 3 is 2.40 bits per heavy atom. The molecule has 0 radical (unpaired) electrons. The van der Waals surface area contributed by atoms with Crippen molar-refractivity contribution in [3.05, 3.63) is 58.1 Å². The minimum Gasteiger partial charge on any atom is -0.456 e. The maximum atomic E-state index is 5.88. The van der Waals surface area contributed by atoms with Gasteiger partial charge in [-0.1, -0.05) is 37.6 Å². The van der Waals surface area contributed by atoms with E-state index in [4.69, 9.17) is 4.74 Å². The van der Waals surface area contributed by atoms with Gasteiger partial charge in [0.1, 0.15) is 11.5 Å². The van der Waals surface area contributed by atoms with E-state index in [-0.39, 0.29) is 0 Å². The molecule has 0 bridgehead atoms. The van der Waals surface area contributed by atoms with Crippen molar-refractivity contribution in [3.63, 3.8) is 0 Å². The van der Waals surface area contributed by atoms with E-state index in [1.165, 1.54) is 11.1 Å². The highest BCUT2D eigenvalue weighted by Gasteiger charge is 2.05. The fourth-order valence-electron chi connectivity index (χ4n) is 1.79. The van der Waals surface area contributed by atoms with E-state index < -0.39 is 0 Å². The lowest BCUT2D eigenvalue weighted by atomic mass is 10.2. The van der Waals surface area contributed by atoms with E-state index in [1.807, 2.05) is 30.3 Å². The summed E-state index contributed by atoms with van der Waals surface area (Å²) >= 11 is 3.57. The Labute approximate surface area is 129 Å². The van der Waals surface area contributed by atoms with E-state index >= 15 is 0 Å². The number of benzene rings is 2. The summed E-state index contributed by atoms with van der Waals surface area (Å²) in [5.41, 5.74) is 2.47. The van der Waals surface area contributed by atoms with Crippen LogP contribution in [0.4, 0.5) is 0 Å². The van der Waals surface area contributed by atoms with Gasteiger partial charge < -0.3 is 10.1 Å². The van der Waals surface area contributed by atoms with Crippen molar-refractivity contribution in [1.82, 2.24) is 5.32 Å². The van der Waals surface area contributed by atoms with E-state index in [0.29, 0.717) is 6.04 Å². The first-order valence-corrected chi connectivity index (χ1v) is 7.60. The number of nitrogens with one attached hydrogen (secondary N) is 1. The van der Waals surface area contributed by atoms with Crippen LogP contribution in [0.25, 0.3) is 0 Å². The molecule has 0 atom stereocenters. The third-order valence-corrected chi connectivity index (χ3v) is 3.58. The molecule has 0 amide bonds. The Morgan fingerprint density at radius 1 is 1.10 bits per heavy atom. The zero-order chi connectivity index (χ0) is 14.5. The lowest BCUT2D eigenvalue weighted by Crippen LogP contribution is -2.21. The predicted octanol–water partition coefficient (Wildman–Crippen LogP) is 5.05. The van der Waals surface area contributed by atoms with Crippen LogP contribution < -0.4 is 10.1 Å². The Kier molecular flexibility index (Phi) is 5.21. The van der Waals surface area contributed by atoms with Gasteiger partial charge in [-0.3, -0.25) is 0 Å². The zero-order valence-corrected chi connectivity index (χ0v) is 13.7. The van der Waals surface area contributed by atoms with Gasteiger partial charge in [0.2, 0.25) is 0 Å². The van der Waals surface area contributed by atoms with Gasteiger partial charge in [0.15, 0.2) is 0 Å². The molecule has 1 N–H and O–H groups in total. The van der Waals surface area contributed by atoms with Gasteiger partial charge in [0, 0.05) is 12.6 Å². The van der Waals surface area contributed by atoms with Crippen LogP contribution in [0.1, 0.15) is 25.0 Å². The Hall–Kier alpha value is -1.32. The van der Waals surface area contributed by atoms with Crippen LogP contribution in [-0.4, -0.2) is 6.04 Å². The van der Waals surface area contributed by atoms with E-state index in [2.05, 4.69) is 54.2 Å². The number of hydrogen-bond donors (Lipinski definition) is 1. The minimum absolute atomic E-state index is 0.484. The lowest BCUT2D eigenvalue weighted by Gasteiger charge is -2.11. The molecule has 2 aromatic rings. The van der Waals surface area contributed by atoms with Gasteiger partial charge in [-0.05, 0) is 52.7 Å². The SMILES string of the molecule is Cc1ccc(Oc2ccc(CNC(C)C)cc2Br)cc1. The van der Waals surface area contributed by atoms with Crippen LogP contribution >= 0.6 is 15.9 Å². The van der Waals surface area contributed by atoms with E-state index in [0.717, 1.165) is 22.5 Å². The summed E-state index contributed by atoms with van der Waals surface area (Å²) in [6.07, 6.45) is 0. The molecule has 0 saturated carbocycles. The quantitative estimate of drug-likeness (QED) is 0.826. The molecule has 0 aliphatic heterocycles. The van der Waals surface area contributed by atoms with Crippen LogP contribution in [0.15, 0.2) is 46.9 Å². The van der Waals surface area contributed by atoms with Gasteiger partial charge in [0.05, 0.1) is 4.47 Å². The largest absolute Gasteiger partial charge is 0.456 e. The third kappa shape index (κ3) is 4.36. The summed E-state index contributed by atoms with van der Waals surface area (Å²) in [7, 11) is 0. The van der Waals surface area contributed by atoms with Crippen molar-refractivity contribution in [3.8, 4) is 11.5 Å². The fraction of sp³-hybridized carbons (Fsp3) is 0.294. The summed E-state index contributed by atoms with van der Waals surface area (Å²) in [6, 6.07) is 14.7. The molecular weight excluding hydrogens is 314 g/mol. The molecule has 20 heavy (non-hydrogen) atoms. The molecule has 2 rings (SSSR count). The number of rotatable bonds is 5. The van der Waals surface area contributed by atoms with Crippen molar-refractivity contribution in [2.24, 2.45) is 0 Å². The molecule has 106 valence electrons. The summed E-state index contributed by atoms with van der Waals surface area (Å²) < 4.78 is 6.85. The normalized spacial score (nSPS) is 10.8. The van der Waals surface area contributed by atoms with Crippen molar-refractivity contribution in [2.45, 2.75) is 33.4 Å². The predicted molar refractivity (Wildman–Crippen MR) is 87.4 cm³/mol. The minimum atomic E-state index is 0.484. The number of ether oxygens (including phenoxy) is 1. The molecule has 0 saturated heterocycles. The molecule has 3 heteroatoms. The molecule has 0 spiro atoms. The zero-order valence-electron chi connectivity index (χ0n) is 12.1. The van der Waals surface area contributed by atoms with Gasteiger partial charge in [-0.2, -0.15) is 0 Å². The average Bonchev–Trinajstić information content (AvgIpc) is 2.41. The Bertz CT molecular complexity index is 564. The van der Waals surface area contributed by atoms with Crippen molar-refractivity contribution < 1.29 is 4.74 Å². The smallest absolute Gasteiger partial charge is 0.141 e. The fourth-order valence-corrected chi connectivity index (χ4v) is 2.30. The van der Waals surface area contributed by atoms with Gasteiger partial charge in [-0.15, -0.1) is 0 Å². The second-order valence-corrected chi connectivity index (χ2v) is 6.07. The van der Waals surface area contributed by atoms with Crippen molar-refractivity contribution in [1.29, 1.82) is 0 Å². The summed E-state index contributed by atoms with van der Waals surface area (Å²) in [6.45, 7) is 7.21. The topological polar surface area (TPSA) is 21.3 Å². The number of hydrogen-bond acceptors (Lipinski definition) is 2. The molecular formula is C17H20BrNO. The molecule has 0 unspecified atom stereocenters. The van der Waals surface area contributed by atoms with Gasteiger partial charge in [0.25, 0.3) is 0 Å². The van der Waals surface area contributed by atoms with Crippen LogP contribution in [0.3, 0.4) is 0 Å². The third-order valence-electron chi connectivity index (χ3n) is 2.96. The van der Waals surface area contributed by atoms with Crippen LogP contribution in [-0.2, 0) is 6.54 Å². The Morgan fingerprint density at radius 2 is 1.80 bits per heavy atom. The van der Waals surface area contributed by atoms with E-state index in [1.54, 1.807) is 0 Å². The number of halogens is 1. The van der Waals surface area contributed by atoms with Crippen molar-refractivity contribution in [2.75, 3.05) is 0 Å². The first-order chi connectivity index (χ1) is 9.54. The molecule has 2 aromatic carbocycles. The monoisotopic (exact) mass is 333 g/mol. The first kappa shape index (κ1) is 15.1. The molecule has 0 heterocycles.